The van der Waals surface area contributed by atoms with Gasteiger partial charge in [-0.15, -0.1) is 0 Å². The monoisotopic (exact) mass is 328 g/mol. The van der Waals surface area contributed by atoms with Gasteiger partial charge in [0.1, 0.15) is 0 Å². The highest BCUT2D eigenvalue weighted by Crippen LogP contribution is 2.40. The predicted molar refractivity (Wildman–Crippen MR) is 88.9 cm³/mol. The van der Waals surface area contributed by atoms with Crippen molar-refractivity contribution in [1.82, 2.24) is 0 Å². The van der Waals surface area contributed by atoms with Gasteiger partial charge in [0.15, 0.2) is 0 Å². The highest BCUT2D eigenvalue weighted by atomic mass is 35.5. The van der Waals surface area contributed by atoms with Gasteiger partial charge in [-0.05, 0) is 56.2 Å². The Balaban J connectivity index is 2.18. The van der Waals surface area contributed by atoms with Crippen molar-refractivity contribution >= 4 is 34.8 Å². The Morgan fingerprint density at radius 1 is 1.33 bits per heavy atom. The standard InChI is InChI=1S/C16H22Cl2N2O/c1-10-3-5-16(9-19,6-4-10)15(21)20-14-8-12(17)11(2)7-13(14)18/h7-8,10H,3-6,9,19H2,1-2H3,(H,20,21). The van der Waals surface area contributed by atoms with Gasteiger partial charge in [-0.3, -0.25) is 4.79 Å². The predicted octanol–water partition coefficient (Wildman–Crippen LogP) is 4.40. The van der Waals surface area contributed by atoms with Crippen molar-refractivity contribution in [2.75, 3.05) is 11.9 Å². The number of nitrogens with one attached hydrogen (secondary N) is 1. The van der Waals surface area contributed by atoms with Crippen molar-refractivity contribution in [3.05, 3.63) is 27.7 Å². The molecular formula is C16H22Cl2N2O. The second-order valence-electron chi connectivity index (χ2n) is 6.20. The fourth-order valence-electron chi connectivity index (χ4n) is 2.84. The summed E-state index contributed by atoms with van der Waals surface area (Å²) in [6.07, 6.45) is 3.72. The van der Waals surface area contributed by atoms with Gasteiger partial charge < -0.3 is 11.1 Å². The lowest BCUT2D eigenvalue weighted by Crippen LogP contribution is -2.44. The maximum atomic E-state index is 12.7. The second-order valence-corrected chi connectivity index (χ2v) is 7.02. The van der Waals surface area contributed by atoms with Crippen molar-refractivity contribution in [2.45, 2.75) is 39.5 Å². The quantitative estimate of drug-likeness (QED) is 0.864. The molecular weight excluding hydrogens is 307 g/mol. The molecule has 0 spiro atoms. The second kappa shape index (κ2) is 6.55. The van der Waals surface area contributed by atoms with Crippen LogP contribution >= 0.6 is 23.2 Å². The van der Waals surface area contributed by atoms with E-state index in [1.807, 2.05) is 6.92 Å². The lowest BCUT2D eigenvalue weighted by atomic mass is 9.70. The van der Waals surface area contributed by atoms with Crippen molar-refractivity contribution in [3.63, 3.8) is 0 Å². The molecule has 0 aromatic heterocycles. The highest BCUT2D eigenvalue weighted by molar-refractivity contribution is 6.36. The number of benzene rings is 1. The molecule has 0 radical (unpaired) electrons. The van der Waals surface area contributed by atoms with Gasteiger partial charge in [-0.25, -0.2) is 0 Å². The molecule has 1 aromatic carbocycles. The smallest absolute Gasteiger partial charge is 0.231 e. The van der Waals surface area contributed by atoms with Crippen LogP contribution in [-0.2, 0) is 4.79 Å². The number of carbonyl (C=O) groups excluding carboxylic acids is 1. The van der Waals surface area contributed by atoms with E-state index in [9.17, 15) is 4.79 Å². The maximum absolute atomic E-state index is 12.7. The van der Waals surface area contributed by atoms with Gasteiger partial charge >= 0.3 is 0 Å². The van der Waals surface area contributed by atoms with Gasteiger partial charge in [0.2, 0.25) is 5.91 Å². The van der Waals surface area contributed by atoms with E-state index in [-0.39, 0.29) is 5.91 Å². The van der Waals surface area contributed by atoms with Crippen LogP contribution in [0.1, 0.15) is 38.2 Å². The Hall–Kier alpha value is -0.770. The van der Waals surface area contributed by atoms with Crippen molar-refractivity contribution in [3.8, 4) is 0 Å². The molecule has 1 amide bonds. The van der Waals surface area contributed by atoms with Gasteiger partial charge in [0.25, 0.3) is 0 Å². The molecule has 0 bridgehead atoms. The number of amides is 1. The van der Waals surface area contributed by atoms with E-state index < -0.39 is 5.41 Å². The number of halogens is 2. The molecule has 5 heteroatoms. The fourth-order valence-corrected chi connectivity index (χ4v) is 3.26. The van der Waals surface area contributed by atoms with Crippen LogP contribution in [0.5, 0.6) is 0 Å². The molecule has 1 fully saturated rings. The summed E-state index contributed by atoms with van der Waals surface area (Å²) in [5, 5.41) is 4.01. The molecule has 116 valence electrons. The normalized spacial score (nSPS) is 25.7. The minimum Gasteiger partial charge on any atom is -0.329 e. The third kappa shape index (κ3) is 3.53. The summed E-state index contributed by atoms with van der Waals surface area (Å²) < 4.78 is 0. The zero-order chi connectivity index (χ0) is 15.6. The number of rotatable bonds is 3. The summed E-state index contributed by atoms with van der Waals surface area (Å²) in [6.45, 7) is 4.46. The summed E-state index contributed by atoms with van der Waals surface area (Å²) in [6, 6.07) is 3.46. The van der Waals surface area contributed by atoms with Crippen LogP contribution in [0.2, 0.25) is 10.0 Å². The Kier molecular flexibility index (Phi) is 5.18. The molecule has 21 heavy (non-hydrogen) atoms. The highest BCUT2D eigenvalue weighted by Gasteiger charge is 2.40. The van der Waals surface area contributed by atoms with Crippen LogP contribution in [0.15, 0.2) is 12.1 Å². The molecule has 1 aliphatic carbocycles. The maximum Gasteiger partial charge on any atom is 0.231 e. The van der Waals surface area contributed by atoms with Crippen LogP contribution in [0.3, 0.4) is 0 Å². The van der Waals surface area contributed by atoms with E-state index in [4.69, 9.17) is 28.9 Å². The summed E-state index contributed by atoms with van der Waals surface area (Å²) in [5.74, 6) is 0.619. The number of aryl methyl sites for hydroxylation is 1. The first-order valence-electron chi connectivity index (χ1n) is 7.35. The van der Waals surface area contributed by atoms with E-state index in [2.05, 4.69) is 12.2 Å². The zero-order valence-corrected chi connectivity index (χ0v) is 14.0. The van der Waals surface area contributed by atoms with E-state index in [1.165, 1.54) is 0 Å². The van der Waals surface area contributed by atoms with Crippen LogP contribution in [-0.4, -0.2) is 12.5 Å². The average Bonchev–Trinajstić information content (AvgIpc) is 2.46. The molecule has 2 rings (SSSR count). The first-order chi connectivity index (χ1) is 9.88. The molecule has 1 aliphatic rings. The summed E-state index contributed by atoms with van der Waals surface area (Å²) in [5.41, 5.74) is 6.88. The SMILES string of the molecule is Cc1cc(Cl)c(NC(=O)C2(CN)CCC(C)CC2)cc1Cl. The molecule has 1 aromatic rings. The number of anilines is 1. The van der Waals surface area contributed by atoms with Crippen molar-refractivity contribution < 1.29 is 4.79 Å². The summed E-state index contributed by atoms with van der Waals surface area (Å²) in [4.78, 5) is 12.7. The van der Waals surface area contributed by atoms with Crippen molar-refractivity contribution in [1.29, 1.82) is 0 Å². The average molecular weight is 329 g/mol. The third-order valence-corrected chi connectivity index (χ3v) is 5.32. The molecule has 3 nitrogen and oxygen atoms in total. The Labute approximate surface area is 136 Å². The Morgan fingerprint density at radius 3 is 2.52 bits per heavy atom. The lowest BCUT2D eigenvalue weighted by molar-refractivity contribution is -0.127. The van der Waals surface area contributed by atoms with E-state index in [0.717, 1.165) is 31.2 Å². The van der Waals surface area contributed by atoms with Gasteiger partial charge in [-0.2, -0.15) is 0 Å². The topological polar surface area (TPSA) is 55.1 Å². The minimum absolute atomic E-state index is 0.0429. The number of hydrogen-bond donors (Lipinski definition) is 2. The number of hydrogen-bond acceptors (Lipinski definition) is 2. The fraction of sp³-hybridized carbons (Fsp3) is 0.562. The van der Waals surface area contributed by atoms with Crippen LogP contribution in [0.25, 0.3) is 0 Å². The Bertz CT molecular complexity index is 537. The minimum atomic E-state index is -0.479. The molecule has 0 heterocycles. The molecule has 0 saturated heterocycles. The molecule has 0 unspecified atom stereocenters. The van der Waals surface area contributed by atoms with Crippen molar-refractivity contribution in [2.24, 2.45) is 17.1 Å². The summed E-state index contributed by atoms with van der Waals surface area (Å²) in [7, 11) is 0. The Morgan fingerprint density at radius 2 is 1.95 bits per heavy atom. The van der Waals surface area contributed by atoms with Gasteiger partial charge in [0, 0.05) is 11.6 Å². The zero-order valence-electron chi connectivity index (χ0n) is 12.5. The third-order valence-electron chi connectivity index (χ3n) is 4.60. The largest absolute Gasteiger partial charge is 0.329 e. The van der Waals surface area contributed by atoms with Crippen LogP contribution in [0, 0.1) is 18.3 Å². The molecule has 3 N–H and O–H groups in total. The molecule has 1 saturated carbocycles. The number of nitrogens with two attached hydrogens (primary N) is 1. The van der Waals surface area contributed by atoms with Gasteiger partial charge in [0.05, 0.1) is 16.1 Å². The molecule has 0 aliphatic heterocycles. The first kappa shape index (κ1) is 16.6. The summed E-state index contributed by atoms with van der Waals surface area (Å²) >= 11 is 12.3. The van der Waals surface area contributed by atoms with E-state index in [0.29, 0.717) is 28.2 Å². The first-order valence-corrected chi connectivity index (χ1v) is 8.11. The van der Waals surface area contributed by atoms with Crippen LogP contribution in [0.4, 0.5) is 5.69 Å². The van der Waals surface area contributed by atoms with Crippen LogP contribution < -0.4 is 11.1 Å². The lowest BCUT2D eigenvalue weighted by Gasteiger charge is -2.37. The van der Waals surface area contributed by atoms with E-state index >= 15 is 0 Å². The number of carbonyl (C=O) groups is 1. The van der Waals surface area contributed by atoms with E-state index in [1.54, 1.807) is 12.1 Å². The van der Waals surface area contributed by atoms with Gasteiger partial charge in [-0.1, -0.05) is 30.1 Å². The molecule has 0 atom stereocenters.